The van der Waals surface area contributed by atoms with E-state index in [1.165, 1.54) is 18.2 Å². The average Bonchev–Trinajstić information content (AvgIpc) is 2.56. The lowest BCUT2D eigenvalue weighted by molar-refractivity contribution is -0.110. The Morgan fingerprint density at radius 1 is 0.857 bits per heavy atom. The molecule has 0 aromatic carbocycles. The number of rotatable bonds is 6. The van der Waals surface area contributed by atoms with Crippen molar-refractivity contribution >= 4 is 17.9 Å². The van der Waals surface area contributed by atoms with Gasteiger partial charge >= 0.3 is 6.01 Å². The highest BCUT2D eigenvalue weighted by atomic mass is 16.5. The Hall–Kier alpha value is -3.09. The highest BCUT2D eigenvalue weighted by molar-refractivity contribution is 6.04. The van der Waals surface area contributed by atoms with Gasteiger partial charge in [-0.3, -0.25) is 4.79 Å². The molecule has 0 aliphatic heterocycles. The van der Waals surface area contributed by atoms with E-state index in [9.17, 15) is 4.79 Å². The number of nitrogens with zero attached hydrogens (tertiary/aromatic N) is 4. The highest BCUT2D eigenvalue weighted by Gasteiger charge is 2.14. The molecule has 0 saturated carbocycles. The molecular formula is C21H26N4O3. The first-order chi connectivity index (χ1) is 13.0. The first kappa shape index (κ1) is 21.2. The molecule has 7 heteroatoms. The number of carbonyl (C=O) groups is 1. The van der Waals surface area contributed by atoms with Crippen LogP contribution < -0.4 is 9.47 Å². The zero-order valence-electron chi connectivity index (χ0n) is 17.1. The summed E-state index contributed by atoms with van der Waals surface area (Å²) in [4.78, 5) is 28.8. The Kier molecular flexibility index (Phi) is 6.62. The number of hydrogen-bond acceptors (Lipinski definition) is 7. The van der Waals surface area contributed by atoms with Gasteiger partial charge in [0.05, 0.1) is 5.69 Å². The van der Waals surface area contributed by atoms with E-state index in [4.69, 9.17) is 9.47 Å². The third kappa shape index (κ3) is 8.07. The Bertz CT molecular complexity index is 806. The summed E-state index contributed by atoms with van der Waals surface area (Å²) < 4.78 is 11.3. The van der Waals surface area contributed by atoms with Crippen LogP contribution in [-0.2, 0) is 4.79 Å². The molecule has 0 radical (unpaired) electrons. The normalized spacial score (nSPS) is 12.5. The number of allylic oxidation sites excluding steroid dienone is 2. The molecule has 2 aromatic rings. The minimum absolute atomic E-state index is 0.220. The molecule has 2 rings (SSSR count). The van der Waals surface area contributed by atoms with Crippen molar-refractivity contribution in [2.75, 3.05) is 0 Å². The molecular weight excluding hydrogens is 356 g/mol. The summed E-state index contributed by atoms with van der Waals surface area (Å²) in [5.41, 5.74) is -0.180. The van der Waals surface area contributed by atoms with Crippen molar-refractivity contribution in [3.8, 4) is 11.9 Å². The molecule has 0 atom stereocenters. The Balaban J connectivity index is 2.02. The SMILES string of the molecule is CC(C)(C)Oc1ccnc(/C=C/C(=O)/C=C/c2ccnc(OC(C)(C)C)n2)n1. The van der Waals surface area contributed by atoms with E-state index in [2.05, 4.69) is 19.9 Å². The van der Waals surface area contributed by atoms with Crippen LogP contribution in [0.5, 0.6) is 11.9 Å². The van der Waals surface area contributed by atoms with Crippen LogP contribution in [0.4, 0.5) is 0 Å². The lowest BCUT2D eigenvalue weighted by Gasteiger charge is -2.20. The third-order valence-electron chi connectivity index (χ3n) is 2.93. The minimum Gasteiger partial charge on any atom is -0.472 e. The summed E-state index contributed by atoms with van der Waals surface area (Å²) >= 11 is 0. The van der Waals surface area contributed by atoms with Gasteiger partial charge in [0.2, 0.25) is 5.88 Å². The third-order valence-corrected chi connectivity index (χ3v) is 2.93. The summed E-state index contributed by atoms with van der Waals surface area (Å²) in [6.07, 6.45) is 9.12. The van der Waals surface area contributed by atoms with Gasteiger partial charge < -0.3 is 9.47 Å². The second-order valence-corrected chi connectivity index (χ2v) is 8.02. The van der Waals surface area contributed by atoms with E-state index >= 15 is 0 Å². The molecule has 7 nitrogen and oxygen atoms in total. The fourth-order valence-electron chi connectivity index (χ4n) is 1.96. The van der Waals surface area contributed by atoms with Crippen molar-refractivity contribution in [2.45, 2.75) is 52.7 Å². The number of ketones is 1. The second-order valence-electron chi connectivity index (χ2n) is 8.02. The van der Waals surface area contributed by atoms with Gasteiger partial charge in [-0.05, 0) is 71.9 Å². The van der Waals surface area contributed by atoms with Crippen molar-refractivity contribution in [2.24, 2.45) is 0 Å². The first-order valence-electron chi connectivity index (χ1n) is 8.94. The summed E-state index contributed by atoms with van der Waals surface area (Å²) in [5.74, 6) is 0.631. The molecule has 0 saturated heterocycles. The summed E-state index contributed by atoms with van der Waals surface area (Å²) in [5, 5.41) is 0. The van der Waals surface area contributed by atoms with E-state index in [1.54, 1.807) is 30.6 Å². The predicted molar refractivity (Wildman–Crippen MR) is 108 cm³/mol. The average molecular weight is 382 g/mol. The fraction of sp³-hybridized carbons (Fsp3) is 0.381. The molecule has 0 amide bonds. The van der Waals surface area contributed by atoms with Gasteiger partial charge in [-0.2, -0.15) is 9.97 Å². The Morgan fingerprint density at radius 3 is 2.18 bits per heavy atom. The van der Waals surface area contributed by atoms with Gasteiger partial charge in [-0.1, -0.05) is 0 Å². The van der Waals surface area contributed by atoms with Crippen molar-refractivity contribution in [3.05, 3.63) is 48.2 Å². The maximum absolute atomic E-state index is 12.1. The molecule has 28 heavy (non-hydrogen) atoms. The minimum atomic E-state index is -0.397. The van der Waals surface area contributed by atoms with Crippen molar-refractivity contribution in [1.29, 1.82) is 0 Å². The number of carbonyl (C=O) groups excluding carboxylic acids is 1. The molecule has 0 aliphatic carbocycles. The Labute approximate surface area is 165 Å². The van der Waals surface area contributed by atoms with E-state index in [-0.39, 0.29) is 17.4 Å². The molecule has 0 N–H and O–H groups in total. The lowest BCUT2D eigenvalue weighted by atomic mass is 10.2. The molecule has 0 bridgehead atoms. The maximum Gasteiger partial charge on any atom is 0.317 e. The van der Waals surface area contributed by atoms with Gasteiger partial charge in [0, 0.05) is 18.5 Å². The quantitative estimate of drug-likeness (QED) is 0.700. The monoisotopic (exact) mass is 382 g/mol. The van der Waals surface area contributed by atoms with Crippen LogP contribution >= 0.6 is 0 Å². The van der Waals surface area contributed by atoms with Gasteiger partial charge in [0.15, 0.2) is 11.6 Å². The van der Waals surface area contributed by atoms with Crippen LogP contribution in [0.25, 0.3) is 12.2 Å². The first-order valence-corrected chi connectivity index (χ1v) is 8.94. The predicted octanol–water partition coefficient (Wildman–Crippen LogP) is 3.92. The summed E-state index contributed by atoms with van der Waals surface area (Å²) in [7, 11) is 0. The molecule has 0 spiro atoms. The summed E-state index contributed by atoms with van der Waals surface area (Å²) in [6.45, 7) is 11.5. The lowest BCUT2D eigenvalue weighted by Crippen LogP contribution is -2.24. The van der Waals surface area contributed by atoms with Gasteiger partial charge in [-0.15, -0.1) is 0 Å². The van der Waals surface area contributed by atoms with Crippen LogP contribution in [0, 0.1) is 0 Å². The van der Waals surface area contributed by atoms with Crippen molar-refractivity contribution in [1.82, 2.24) is 19.9 Å². The van der Waals surface area contributed by atoms with E-state index in [1.807, 2.05) is 41.5 Å². The van der Waals surface area contributed by atoms with E-state index in [0.717, 1.165) is 0 Å². The molecule has 0 unspecified atom stereocenters. The Morgan fingerprint density at radius 2 is 1.50 bits per heavy atom. The van der Waals surface area contributed by atoms with Crippen LogP contribution in [-0.4, -0.2) is 36.9 Å². The van der Waals surface area contributed by atoms with Crippen LogP contribution in [0.1, 0.15) is 53.1 Å². The molecule has 148 valence electrons. The van der Waals surface area contributed by atoms with E-state index < -0.39 is 5.60 Å². The highest BCUT2D eigenvalue weighted by Crippen LogP contribution is 2.15. The number of aromatic nitrogens is 4. The smallest absolute Gasteiger partial charge is 0.317 e. The zero-order chi connectivity index (χ0) is 20.8. The maximum atomic E-state index is 12.1. The number of ether oxygens (including phenoxy) is 2. The summed E-state index contributed by atoms with van der Waals surface area (Å²) in [6, 6.07) is 3.64. The topological polar surface area (TPSA) is 87.1 Å². The molecule has 0 aliphatic rings. The van der Waals surface area contributed by atoms with Crippen molar-refractivity contribution < 1.29 is 14.3 Å². The fourth-order valence-corrected chi connectivity index (χ4v) is 1.96. The second kappa shape index (κ2) is 8.73. The van der Waals surface area contributed by atoms with Gasteiger partial charge in [0.25, 0.3) is 0 Å². The number of hydrogen-bond donors (Lipinski definition) is 0. The van der Waals surface area contributed by atoms with Gasteiger partial charge in [-0.25, -0.2) is 9.97 Å². The molecule has 2 aromatic heterocycles. The van der Waals surface area contributed by atoms with Crippen LogP contribution in [0.2, 0.25) is 0 Å². The molecule has 0 fully saturated rings. The van der Waals surface area contributed by atoms with Crippen LogP contribution in [0.3, 0.4) is 0 Å². The largest absolute Gasteiger partial charge is 0.472 e. The standard InChI is InChI=1S/C21H26N4O3/c1-20(2,3)27-18-12-14-22-17(25-18)10-9-16(26)8-7-15-11-13-23-19(24-15)28-21(4,5)6/h7-14H,1-6H3/b8-7+,10-9+. The molecule has 2 heterocycles. The van der Waals surface area contributed by atoms with Crippen molar-refractivity contribution in [3.63, 3.8) is 0 Å². The van der Waals surface area contributed by atoms with Crippen LogP contribution in [0.15, 0.2) is 36.7 Å². The zero-order valence-corrected chi connectivity index (χ0v) is 17.1. The van der Waals surface area contributed by atoms with E-state index in [0.29, 0.717) is 17.4 Å². The van der Waals surface area contributed by atoms with Gasteiger partial charge in [0.1, 0.15) is 11.2 Å².